The van der Waals surface area contributed by atoms with E-state index in [9.17, 15) is 14.7 Å². The number of carbonyl (C=O) groups is 2. The molecule has 8 heteroatoms. The Morgan fingerprint density at radius 2 is 2.19 bits per heavy atom. The Bertz CT molecular complexity index is 717. The molecule has 2 rings (SSSR count). The third kappa shape index (κ3) is 3.16. The Morgan fingerprint density at radius 3 is 2.76 bits per heavy atom. The molecule has 1 amide bonds. The van der Waals surface area contributed by atoms with E-state index in [-0.39, 0.29) is 11.5 Å². The number of hydrogen-bond donors (Lipinski definition) is 1. The van der Waals surface area contributed by atoms with Gasteiger partial charge in [-0.25, -0.2) is 4.79 Å². The topological polar surface area (TPSA) is 88.3 Å². The van der Waals surface area contributed by atoms with Crippen molar-refractivity contribution in [3.8, 4) is 0 Å². The number of hydrogen-bond acceptors (Lipinski definition) is 5. The molecule has 0 unspecified atom stereocenters. The molecule has 0 fully saturated rings. The molecule has 7 nitrogen and oxygen atoms in total. The normalized spacial score (nSPS) is 11.0. The standard InChI is InChI=1S/C13H14N4O3S/c1-8-11(13(19)20)12(21-15-8)17(3)10(18)5-4-9-6-14-16(2)7-9/h4-7H,1-3H3,(H,19,20). The van der Waals surface area contributed by atoms with Gasteiger partial charge < -0.3 is 10.0 Å². The van der Waals surface area contributed by atoms with Gasteiger partial charge in [-0.3, -0.25) is 9.48 Å². The fourth-order valence-electron chi connectivity index (χ4n) is 1.74. The van der Waals surface area contributed by atoms with Gasteiger partial charge in [-0.1, -0.05) is 0 Å². The van der Waals surface area contributed by atoms with Crippen molar-refractivity contribution in [2.24, 2.45) is 7.05 Å². The number of aromatic carboxylic acids is 1. The van der Waals surface area contributed by atoms with Crippen LogP contribution in [0.2, 0.25) is 0 Å². The van der Waals surface area contributed by atoms with Crippen LogP contribution < -0.4 is 4.90 Å². The third-order valence-corrected chi connectivity index (χ3v) is 3.85. The highest BCUT2D eigenvalue weighted by atomic mass is 32.1. The van der Waals surface area contributed by atoms with Crippen molar-refractivity contribution in [1.82, 2.24) is 14.2 Å². The van der Waals surface area contributed by atoms with Gasteiger partial charge in [0.05, 0.1) is 11.9 Å². The molecule has 21 heavy (non-hydrogen) atoms. The predicted octanol–water partition coefficient (Wildman–Crippen LogP) is 1.56. The number of aryl methyl sites for hydroxylation is 2. The van der Waals surface area contributed by atoms with Crippen LogP contribution in [0.1, 0.15) is 21.6 Å². The Labute approximate surface area is 125 Å². The van der Waals surface area contributed by atoms with Crippen LogP contribution in [0.3, 0.4) is 0 Å². The lowest BCUT2D eigenvalue weighted by molar-refractivity contribution is -0.113. The van der Waals surface area contributed by atoms with E-state index in [4.69, 9.17) is 0 Å². The van der Waals surface area contributed by atoms with Crippen molar-refractivity contribution in [3.63, 3.8) is 0 Å². The highest BCUT2D eigenvalue weighted by molar-refractivity contribution is 7.11. The zero-order valence-electron chi connectivity index (χ0n) is 11.8. The predicted molar refractivity (Wildman–Crippen MR) is 79.5 cm³/mol. The molecule has 0 atom stereocenters. The molecule has 0 aliphatic carbocycles. The van der Waals surface area contributed by atoms with Gasteiger partial charge in [0.25, 0.3) is 5.91 Å². The monoisotopic (exact) mass is 306 g/mol. The number of carboxylic acids is 1. The summed E-state index contributed by atoms with van der Waals surface area (Å²) in [6.07, 6.45) is 6.39. The molecular formula is C13H14N4O3S. The van der Waals surface area contributed by atoms with Gasteiger partial charge >= 0.3 is 5.97 Å². The second-order valence-corrected chi connectivity index (χ2v) is 5.18. The summed E-state index contributed by atoms with van der Waals surface area (Å²) in [5.41, 5.74) is 1.25. The maximum atomic E-state index is 12.1. The van der Waals surface area contributed by atoms with E-state index in [1.807, 2.05) is 0 Å². The van der Waals surface area contributed by atoms with Crippen molar-refractivity contribution in [1.29, 1.82) is 0 Å². The lowest BCUT2D eigenvalue weighted by atomic mass is 10.2. The van der Waals surface area contributed by atoms with Gasteiger partial charge in [0.1, 0.15) is 10.6 Å². The fraction of sp³-hybridized carbons (Fsp3) is 0.231. The first-order valence-electron chi connectivity index (χ1n) is 6.04. The molecule has 110 valence electrons. The molecule has 0 spiro atoms. The highest BCUT2D eigenvalue weighted by Gasteiger charge is 2.22. The highest BCUT2D eigenvalue weighted by Crippen LogP contribution is 2.28. The van der Waals surface area contributed by atoms with E-state index in [1.165, 1.54) is 18.0 Å². The second kappa shape index (κ2) is 5.88. The average molecular weight is 306 g/mol. The molecular weight excluding hydrogens is 292 g/mol. The van der Waals surface area contributed by atoms with Crippen LogP contribution >= 0.6 is 11.5 Å². The van der Waals surface area contributed by atoms with Gasteiger partial charge in [-0.2, -0.15) is 9.47 Å². The van der Waals surface area contributed by atoms with E-state index < -0.39 is 5.97 Å². The lowest BCUT2D eigenvalue weighted by Gasteiger charge is -2.13. The lowest BCUT2D eigenvalue weighted by Crippen LogP contribution is -2.24. The van der Waals surface area contributed by atoms with E-state index >= 15 is 0 Å². The van der Waals surface area contributed by atoms with Gasteiger partial charge in [-0.05, 0) is 24.5 Å². The molecule has 0 aromatic carbocycles. The van der Waals surface area contributed by atoms with Crippen molar-refractivity contribution in [3.05, 3.63) is 35.3 Å². The molecule has 0 saturated carbocycles. The second-order valence-electron chi connectivity index (χ2n) is 4.43. The maximum absolute atomic E-state index is 12.1. The van der Waals surface area contributed by atoms with Crippen LogP contribution in [0, 0.1) is 6.92 Å². The first-order valence-corrected chi connectivity index (χ1v) is 6.81. The zero-order valence-corrected chi connectivity index (χ0v) is 12.6. The number of anilines is 1. The minimum absolute atomic E-state index is 0.0608. The molecule has 0 bridgehead atoms. The van der Waals surface area contributed by atoms with Crippen molar-refractivity contribution in [2.75, 3.05) is 11.9 Å². The molecule has 1 N–H and O–H groups in total. The quantitative estimate of drug-likeness (QED) is 0.866. The number of nitrogens with zero attached hydrogens (tertiary/aromatic N) is 4. The Morgan fingerprint density at radius 1 is 1.48 bits per heavy atom. The summed E-state index contributed by atoms with van der Waals surface area (Å²) in [7, 11) is 3.31. The molecule has 2 heterocycles. The molecule has 0 saturated heterocycles. The first-order chi connectivity index (χ1) is 9.90. The van der Waals surface area contributed by atoms with E-state index in [1.54, 1.807) is 37.1 Å². The number of carboxylic acid groups (broad SMARTS) is 1. The largest absolute Gasteiger partial charge is 0.478 e. The van der Waals surface area contributed by atoms with Gasteiger partial charge in [0.15, 0.2) is 0 Å². The first kappa shape index (κ1) is 14.9. The fourth-order valence-corrected chi connectivity index (χ4v) is 2.59. The summed E-state index contributed by atoms with van der Waals surface area (Å²) < 4.78 is 5.62. The molecule has 2 aromatic heterocycles. The summed E-state index contributed by atoms with van der Waals surface area (Å²) in [6, 6.07) is 0. The molecule has 0 radical (unpaired) electrons. The Kier molecular flexibility index (Phi) is 4.18. The Hall–Kier alpha value is -2.48. The number of amides is 1. The summed E-state index contributed by atoms with van der Waals surface area (Å²) >= 11 is 0.991. The number of carbonyl (C=O) groups excluding carboxylic acids is 1. The molecule has 2 aromatic rings. The summed E-state index contributed by atoms with van der Waals surface area (Å²) in [6.45, 7) is 1.60. The van der Waals surface area contributed by atoms with Gasteiger partial charge in [0, 0.05) is 31.9 Å². The number of rotatable bonds is 4. The maximum Gasteiger partial charge on any atom is 0.340 e. The summed E-state index contributed by atoms with van der Waals surface area (Å²) in [4.78, 5) is 24.6. The average Bonchev–Trinajstić information content (AvgIpc) is 3.01. The van der Waals surface area contributed by atoms with Crippen LogP contribution in [-0.4, -0.2) is 38.2 Å². The van der Waals surface area contributed by atoms with E-state index in [2.05, 4.69) is 9.47 Å². The van der Waals surface area contributed by atoms with Crippen molar-refractivity contribution < 1.29 is 14.7 Å². The SMILES string of the molecule is Cc1nsc(N(C)C(=O)C=Cc2cnn(C)c2)c1C(=O)O. The van der Waals surface area contributed by atoms with Crippen LogP contribution in [-0.2, 0) is 11.8 Å². The summed E-state index contributed by atoms with van der Waals surface area (Å²) in [5, 5.41) is 13.5. The molecule has 0 aliphatic heterocycles. The summed E-state index contributed by atoms with van der Waals surface area (Å²) in [5.74, 6) is -1.42. The van der Waals surface area contributed by atoms with Gasteiger partial charge in [0.2, 0.25) is 0 Å². The van der Waals surface area contributed by atoms with Crippen LogP contribution in [0.5, 0.6) is 0 Å². The third-order valence-electron chi connectivity index (χ3n) is 2.84. The smallest absolute Gasteiger partial charge is 0.340 e. The van der Waals surface area contributed by atoms with Crippen molar-refractivity contribution in [2.45, 2.75) is 6.92 Å². The van der Waals surface area contributed by atoms with Gasteiger partial charge in [-0.15, -0.1) is 0 Å². The Balaban J connectivity index is 2.20. The van der Waals surface area contributed by atoms with Crippen molar-refractivity contribution >= 4 is 34.5 Å². The molecule has 0 aliphatic rings. The van der Waals surface area contributed by atoms with E-state index in [0.29, 0.717) is 10.7 Å². The van der Waals surface area contributed by atoms with Crippen LogP contribution in [0.4, 0.5) is 5.00 Å². The number of aromatic nitrogens is 3. The van der Waals surface area contributed by atoms with Crippen LogP contribution in [0.25, 0.3) is 6.08 Å². The zero-order chi connectivity index (χ0) is 15.6. The minimum Gasteiger partial charge on any atom is -0.478 e. The number of likely N-dealkylation sites (N-methyl/N-ethyl adjacent to an activating group) is 1. The van der Waals surface area contributed by atoms with Crippen LogP contribution in [0.15, 0.2) is 18.5 Å². The minimum atomic E-state index is -1.09. The van der Waals surface area contributed by atoms with E-state index in [0.717, 1.165) is 17.1 Å².